The molecule has 2 N–H and O–H groups in total. The minimum absolute atomic E-state index is 0.180. The Hall–Kier alpha value is -0.610. The number of aliphatic hydroxyl groups is 1. The molecule has 98 valence electrons. The summed E-state index contributed by atoms with van der Waals surface area (Å²) in [7, 11) is 0. The molecule has 0 aromatic rings. The van der Waals surface area contributed by atoms with Crippen molar-refractivity contribution in [2.75, 3.05) is 26.2 Å². The van der Waals surface area contributed by atoms with Gasteiger partial charge in [0.05, 0.1) is 5.60 Å². The van der Waals surface area contributed by atoms with Crippen LogP contribution in [0.5, 0.6) is 0 Å². The van der Waals surface area contributed by atoms with E-state index in [1.165, 1.54) is 0 Å². The summed E-state index contributed by atoms with van der Waals surface area (Å²) >= 11 is 0. The molecule has 2 heterocycles. The molecule has 0 aromatic carbocycles. The van der Waals surface area contributed by atoms with Gasteiger partial charge in [-0.05, 0) is 45.2 Å². The second-order valence-electron chi connectivity index (χ2n) is 5.90. The SMILES string of the molecule is CC1CNCCC1C(=O)N1CCC(C)(O)CC1. The molecule has 0 saturated carbocycles. The number of likely N-dealkylation sites (tertiary alicyclic amines) is 1. The summed E-state index contributed by atoms with van der Waals surface area (Å²) in [6.45, 7) is 7.33. The van der Waals surface area contributed by atoms with Crippen LogP contribution in [0.15, 0.2) is 0 Å². The summed E-state index contributed by atoms with van der Waals surface area (Å²) in [6, 6.07) is 0. The second-order valence-corrected chi connectivity index (χ2v) is 5.90. The van der Waals surface area contributed by atoms with Crippen molar-refractivity contribution in [1.29, 1.82) is 0 Å². The third-order valence-corrected chi connectivity index (χ3v) is 4.25. The molecule has 2 fully saturated rings. The first-order valence-electron chi connectivity index (χ1n) is 6.71. The van der Waals surface area contributed by atoms with Gasteiger partial charge in [0.1, 0.15) is 0 Å². The van der Waals surface area contributed by atoms with Crippen LogP contribution in [-0.2, 0) is 4.79 Å². The Morgan fingerprint density at radius 3 is 2.65 bits per heavy atom. The van der Waals surface area contributed by atoms with Gasteiger partial charge in [-0.15, -0.1) is 0 Å². The molecule has 2 unspecified atom stereocenters. The van der Waals surface area contributed by atoms with Gasteiger partial charge in [-0.25, -0.2) is 0 Å². The molecular formula is C13H24N2O2. The standard InChI is InChI=1S/C13H24N2O2/c1-10-9-14-6-3-11(10)12(16)15-7-4-13(2,17)5-8-15/h10-11,14,17H,3-9H2,1-2H3. The van der Waals surface area contributed by atoms with Crippen molar-refractivity contribution in [3.05, 3.63) is 0 Å². The van der Waals surface area contributed by atoms with Crippen molar-refractivity contribution in [2.45, 2.75) is 38.7 Å². The Kier molecular flexibility index (Phi) is 3.73. The lowest BCUT2D eigenvalue weighted by Gasteiger charge is -2.39. The van der Waals surface area contributed by atoms with E-state index in [4.69, 9.17) is 0 Å². The monoisotopic (exact) mass is 240 g/mol. The second kappa shape index (κ2) is 4.94. The molecule has 0 aliphatic carbocycles. The predicted octanol–water partition coefficient (Wildman–Crippen LogP) is 0.605. The van der Waals surface area contributed by atoms with E-state index < -0.39 is 5.60 Å². The topological polar surface area (TPSA) is 52.6 Å². The molecule has 0 spiro atoms. The fourth-order valence-electron chi connectivity index (χ4n) is 2.82. The Morgan fingerprint density at radius 1 is 1.41 bits per heavy atom. The van der Waals surface area contributed by atoms with E-state index in [1.807, 2.05) is 11.8 Å². The molecular weight excluding hydrogens is 216 g/mol. The Bertz CT molecular complexity index is 281. The molecule has 2 rings (SSSR count). The summed E-state index contributed by atoms with van der Waals surface area (Å²) in [4.78, 5) is 14.3. The minimum atomic E-state index is -0.573. The molecule has 0 aromatic heterocycles. The van der Waals surface area contributed by atoms with Crippen molar-refractivity contribution < 1.29 is 9.90 Å². The van der Waals surface area contributed by atoms with Crippen molar-refractivity contribution in [2.24, 2.45) is 11.8 Å². The smallest absolute Gasteiger partial charge is 0.226 e. The molecule has 1 amide bonds. The van der Waals surface area contributed by atoms with Crippen LogP contribution in [0.25, 0.3) is 0 Å². The third kappa shape index (κ3) is 2.99. The first-order chi connectivity index (χ1) is 7.99. The number of carbonyl (C=O) groups excluding carboxylic acids is 1. The number of rotatable bonds is 1. The molecule has 2 aliphatic rings. The van der Waals surface area contributed by atoms with Crippen LogP contribution < -0.4 is 5.32 Å². The summed E-state index contributed by atoms with van der Waals surface area (Å²) in [5.41, 5.74) is -0.573. The number of piperidine rings is 2. The van der Waals surface area contributed by atoms with Crippen LogP contribution in [0, 0.1) is 11.8 Å². The molecule has 2 saturated heterocycles. The molecule has 2 atom stereocenters. The Morgan fingerprint density at radius 2 is 2.06 bits per heavy atom. The van der Waals surface area contributed by atoms with E-state index in [1.54, 1.807) is 0 Å². The van der Waals surface area contributed by atoms with Crippen molar-refractivity contribution >= 4 is 5.91 Å². The highest BCUT2D eigenvalue weighted by Gasteiger charge is 2.35. The number of hydrogen-bond donors (Lipinski definition) is 2. The number of carbonyl (C=O) groups is 1. The van der Waals surface area contributed by atoms with Crippen molar-refractivity contribution in [3.63, 3.8) is 0 Å². The maximum atomic E-state index is 12.4. The highest BCUT2D eigenvalue weighted by atomic mass is 16.3. The maximum absolute atomic E-state index is 12.4. The minimum Gasteiger partial charge on any atom is -0.390 e. The van der Waals surface area contributed by atoms with E-state index in [0.29, 0.717) is 37.8 Å². The number of amides is 1. The zero-order valence-corrected chi connectivity index (χ0v) is 10.9. The number of nitrogens with one attached hydrogen (secondary N) is 1. The van der Waals surface area contributed by atoms with Crippen LogP contribution in [0.3, 0.4) is 0 Å². The van der Waals surface area contributed by atoms with Crippen molar-refractivity contribution in [1.82, 2.24) is 10.2 Å². The van der Waals surface area contributed by atoms with Gasteiger partial charge >= 0.3 is 0 Å². The van der Waals surface area contributed by atoms with Crippen LogP contribution >= 0.6 is 0 Å². The molecule has 17 heavy (non-hydrogen) atoms. The molecule has 0 radical (unpaired) electrons. The largest absolute Gasteiger partial charge is 0.390 e. The molecule has 2 aliphatic heterocycles. The molecule has 4 nitrogen and oxygen atoms in total. The zero-order valence-electron chi connectivity index (χ0n) is 10.9. The van der Waals surface area contributed by atoms with E-state index in [-0.39, 0.29) is 5.92 Å². The average molecular weight is 240 g/mol. The van der Waals surface area contributed by atoms with Crippen LogP contribution in [-0.4, -0.2) is 47.7 Å². The van der Waals surface area contributed by atoms with Gasteiger partial charge in [-0.1, -0.05) is 6.92 Å². The van der Waals surface area contributed by atoms with E-state index in [2.05, 4.69) is 12.2 Å². The first kappa shape index (κ1) is 12.8. The summed E-state index contributed by atoms with van der Waals surface area (Å²) in [5.74, 6) is 0.910. The van der Waals surface area contributed by atoms with Gasteiger partial charge in [0.25, 0.3) is 0 Å². The first-order valence-corrected chi connectivity index (χ1v) is 6.71. The maximum Gasteiger partial charge on any atom is 0.226 e. The van der Waals surface area contributed by atoms with Crippen LogP contribution in [0.1, 0.15) is 33.1 Å². The van der Waals surface area contributed by atoms with Gasteiger partial charge in [-0.2, -0.15) is 0 Å². The Balaban J connectivity index is 1.92. The lowest BCUT2D eigenvalue weighted by molar-refractivity contribution is -0.141. The fraction of sp³-hybridized carbons (Fsp3) is 0.923. The molecule has 0 bridgehead atoms. The Labute approximate surface area is 103 Å². The number of nitrogens with zero attached hydrogens (tertiary/aromatic N) is 1. The summed E-state index contributed by atoms with van der Waals surface area (Å²) in [6.07, 6.45) is 2.36. The van der Waals surface area contributed by atoms with Gasteiger partial charge in [-0.3, -0.25) is 4.79 Å². The quantitative estimate of drug-likeness (QED) is 0.706. The van der Waals surface area contributed by atoms with E-state index in [0.717, 1.165) is 19.5 Å². The van der Waals surface area contributed by atoms with Gasteiger partial charge in [0.15, 0.2) is 0 Å². The number of hydrogen-bond acceptors (Lipinski definition) is 3. The van der Waals surface area contributed by atoms with Gasteiger partial charge in [0, 0.05) is 19.0 Å². The molecule has 4 heteroatoms. The van der Waals surface area contributed by atoms with Gasteiger partial charge in [0.2, 0.25) is 5.91 Å². The predicted molar refractivity (Wildman–Crippen MR) is 66.6 cm³/mol. The average Bonchev–Trinajstić information content (AvgIpc) is 2.29. The lowest BCUT2D eigenvalue weighted by Crippen LogP contribution is -2.50. The summed E-state index contributed by atoms with van der Waals surface area (Å²) < 4.78 is 0. The van der Waals surface area contributed by atoms with E-state index >= 15 is 0 Å². The normalized spacial score (nSPS) is 33.5. The fourth-order valence-corrected chi connectivity index (χ4v) is 2.82. The highest BCUT2D eigenvalue weighted by molar-refractivity contribution is 5.79. The summed E-state index contributed by atoms with van der Waals surface area (Å²) in [5, 5.41) is 13.2. The van der Waals surface area contributed by atoms with Crippen LogP contribution in [0.2, 0.25) is 0 Å². The highest BCUT2D eigenvalue weighted by Crippen LogP contribution is 2.26. The lowest BCUT2D eigenvalue weighted by atomic mass is 9.85. The van der Waals surface area contributed by atoms with Gasteiger partial charge < -0.3 is 15.3 Å². The van der Waals surface area contributed by atoms with E-state index in [9.17, 15) is 9.90 Å². The zero-order chi connectivity index (χ0) is 12.5. The van der Waals surface area contributed by atoms with Crippen LogP contribution in [0.4, 0.5) is 0 Å². The van der Waals surface area contributed by atoms with Crippen molar-refractivity contribution in [3.8, 4) is 0 Å². The third-order valence-electron chi connectivity index (χ3n) is 4.25.